The maximum Gasteiger partial charge on any atom is 0.410 e. The first-order valence-electron chi connectivity index (χ1n) is 10.4. The maximum absolute atomic E-state index is 13.6. The van der Waals surface area contributed by atoms with Crippen LogP contribution in [0.1, 0.15) is 23.4 Å². The zero-order chi connectivity index (χ0) is 23.8. The van der Waals surface area contributed by atoms with E-state index in [0.717, 1.165) is 12.0 Å². The Balaban J connectivity index is 0.000000286. The topological polar surface area (TPSA) is 84.8 Å². The molecule has 1 N–H and O–H groups in total. The van der Waals surface area contributed by atoms with Crippen LogP contribution < -0.4 is 4.74 Å². The fraction of sp³-hybridized carbons (Fsp3) is 0.292. The Morgan fingerprint density at radius 1 is 1.03 bits per heavy atom. The molecule has 1 aliphatic rings. The van der Waals surface area contributed by atoms with Crippen molar-refractivity contribution in [2.24, 2.45) is 0 Å². The number of halogens is 2. The Bertz CT molecular complexity index is 1080. The second-order valence-electron chi connectivity index (χ2n) is 7.49. The number of ether oxygens (including phenoxy) is 2. The predicted octanol–water partition coefficient (Wildman–Crippen LogP) is 4.55. The summed E-state index contributed by atoms with van der Waals surface area (Å²) < 4.78 is 36.6. The number of nitrogens with zero attached hydrogens (tertiary/aromatic N) is 3. The number of carbonyl (C=O) groups excluding carboxylic acids is 1. The number of hydrogen-bond acceptors (Lipinski definition) is 6. The summed E-state index contributed by atoms with van der Waals surface area (Å²) in [5.74, 6) is -1.74. The molecule has 0 aliphatic carbocycles. The third-order valence-corrected chi connectivity index (χ3v) is 4.94. The summed E-state index contributed by atoms with van der Waals surface area (Å²) in [6.07, 6.45) is 0.433. The Labute approximate surface area is 190 Å². The number of hydrogen-bond donors (Lipinski definition) is 1. The van der Waals surface area contributed by atoms with E-state index in [-0.39, 0.29) is 31.1 Å². The van der Waals surface area contributed by atoms with Gasteiger partial charge in [-0.25, -0.2) is 14.8 Å². The minimum absolute atomic E-state index is 0.102. The van der Waals surface area contributed by atoms with Crippen LogP contribution in [0.3, 0.4) is 0 Å². The molecule has 7 nitrogen and oxygen atoms in total. The highest BCUT2D eigenvalue weighted by atomic mass is 19.1. The van der Waals surface area contributed by atoms with Gasteiger partial charge in [0.1, 0.15) is 13.2 Å². The van der Waals surface area contributed by atoms with Gasteiger partial charge in [0.25, 0.3) is 11.9 Å². The summed E-state index contributed by atoms with van der Waals surface area (Å²) in [4.78, 5) is 20.8. The molecule has 0 saturated carbocycles. The second kappa shape index (κ2) is 11.2. The number of benzene rings is 1. The lowest BCUT2D eigenvalue weighted by Gasteiger charge is -2.39. The van der Waals surface area contributed by atoms with Crippen molar-refractivity contribution in [2.75, 3.05) is 13.2 Å². The fourth-order valence-electron chi connectivity index (χ4n) is 2.98. The first kappa shape index (κ1) is 23.9. The molecule has 2 aromatic heterocycles. The van der Waals surface area contributed by atoms with E-state index in [9.17, 15) is 13.6 Å². The summed E-state index contributed by atoms with van der Waals surface area (Å²) in [6.45, 7) is 4.45. The number of aromatic hydroxyl groups is 1. The van der Waals surface area contributed by atoms with Crippen molar-refractivity contribution in [3.63, 3.8) is 0 Å². The van der Waals surface area contributed by atoms with Crippen molar-refractivity contribution < 1.29 is 28.2 Å². The van der Waals surface area contributed by atoms with E-state index in [2.05, 4.69) is 9.97 Å². The van der Waals surface area contributed by atoms with Gasteiger partial charge in [0.05, 0.1) is 6.04 Å². The van der Waals surface area contributed by atoms with Gasteiger partial charge in [-0.3, -0.25) is 0 Å². The van der Waals surface area contributed by atoms with Gasteiger partial charge >= 0.3 is 6.09 Å². The summed E-state index contributed by atoms with van der Waals surface area (Å²) in [7, 11) is 0. The van der Waals surface area contributed by atoms with Gasteiger partial charge in [0.2, 0.25) is 0 Å². The maximum atomic E-state index is 13.6. The molecular weight excluding hydrogens is 432 g/mol. The molecule has 1 atom stereocenters. The van der Waals surface area contributed by atoms with Crippen LogP contribution in [-0.2, 0) is 11.3 Å². The molecule has 3 heterocycles. The number of rotatable bonds is 5. The fourth-order valence-corrected chi connectivity index (χ4v) is 2.98. The van der Waals surface area contributed by atoms with Crippen molar-refractivity contribution in [2.45, 2.75) is 32.9 Å². The molecule has 1 saturated heterocycles. The molecule has 9 heteroatoms. The highest BCUT2D eigenvalue weighted by Crippen LogP contribution is 2.22. The monoisotopic (exact) mass is 457 g/mol. The molecule has 0 spiro atoms. The van der Waals surface area contributed by atoms with Gasteiger partial charge in [0, 0.05) is 17.9 Å². The molecule has 174 valence electrons. The molecule has 3 aromatic rings. The van der Waals surface area contributed by atoms with E-state index in [1.54, 1.807) is 36.9 Å². The van der Waals surface area contributed by atoms with Crippen LogP contribution in [0.25, 0.3) is 0 Å². The number of pyridine rings is 2. The molecule has 33 heavy (non-hydrogen) atoms. The first-order chi connectivity index (χ1) is 15.8. The Hall–Kier alpha value is -3.75. The zero-order valence-corrected chi connectivity index (χ0v) is 18.4. The molecule has 1 amide bonds. The Morgan fingerprint density at radius 3 is 2.27 bits per heavy atom. The first-order valence-corrected chi connectivity index (χ1v) is 10.4. The van der Waals surface area contributed by atoms with Crippen LogP contribution >= 0.6 is 0 Å². The van der Waals surface area contributed by atoms with Crippen LogP contribution in [0.2, 0.25) is 0 Å². The average Bonchev–Trinajstić information content (AvgIpc) is 2.77. The van der Waals surface area contributed by atoms with Gasteiger partial charge in [-0.05, 0) is 50.1 Å². The summed E-state index contributed by atoms with van der Waals surface area (Å²) in [6, 6.07) is 15.5. The van der Waals surface area contributed by atoms with E-state index in [4.69, 9.17) is 14.6 Å². The summed E-state index contributed by atoms with van der Waals surface area (Å²) in [5.41, 5.74) is 2.09. The van der Waals surface area contributed by atoms with E-state index in [0.29, 0.717) is 17.9 Å². The predicted molar refractivity (Wildman–Crippen MR) is 117 cm³/mol. The molecule has 1 aromatic carbocycles. The quantitative estimate of drug-likeness (QED) is 0.566. The number of likely N-dealkylation sites (tertiary alicyclic amines) is 1. The van der Waals surface area contributed by atoms with Gasteiger partial charge in [-0.1, -0.05) is 30.3 Å². The third-order valence-electron chi connectivity index (χ3n) is 4.94. The lowest BCUT2D eigenvalue weighted by molar-refractivity contribution is 0.0253. The van der Waals surface area contributed by atoms with Crippen LogP contribution in [0.15, 0.2) is 54.6 Å². The van der Waals surface area contributed by atoms with Crippen LogP contribution in [0.4, 0.5) is 13.6 Å². The minimum Gasteiger partial charge on any atom is -0.504 e. The summed E-state index contributed by atoms with van der Waals surface area (Å²) >= 11 is 0. The van der Waals surface area contributed by atoms with Crippen molar-refractivity contribution in [1.82, 2.24) is 14.9 Å². The van der Waals surface area contributed by atoms with Gasteiger partial charge in [0.15, 0.2) is 11.5 Å². The van der Waals surface area contributed by atoms with E-state index >= 15 is 0 Å². The normalized spacial score (nSPS) is 14.5. The number of aryl methyl sites for hydroxylation is 2. The van der Waals surface area contributed by atoms with E-state index < -0.39 is 17.6 Å². The highest BCUT2D eigenvalue weighted by molar-refractivity contribution is 5.69. The smallest absolute Gasteiger partial charge is 0.410 e. The van der Waals surface area contributed by atoms with Crippen LogP contribution in [0, 0.1) is 25.7 Å². The number of amides is 1. The molecule has 0 radical (unpaired) electrons. The van der Waals surface area contributed by atoms with Crippen LogP contribution in [-0.4, -0.2) is 45.3 Å². The largest absolute Gasteiger partial charge is 0.504 e. The number of aromatic nitrogens is 2. The average molecular weight is 457 g/mol. The number of carbonyl (C=O) groups is 1. The Morgan fingerprint density at radius 2 is 1.70 bits per heavy atom. The van der Waals surface area contributed by atoms with Gasteiger partial charge in [-0.2, -0.15) is 8.78 Å². The molecule has 1 aliphatic heterocycles. The molecule has 0 bridgehead atoms. The molecule has 0 unspecified atom stereocenters. The van der Waals surface area contributed by atoms with Crippen molar-refractivity contribution in [3.8, 4) is 11.5 Å². The van der Waals surface area contributed by atoms with Crippen molar-refractivity contribution >= 4 is 6.09 Å². The standard InChI is InChI=1S/C18H19FN2O3.C6H6FNO/c1-13-7-8-16(17(19)20-13)23-12-15-9-10-21(15)18(22)24-11-14-5-3-2-4-6-14;1-4-2-3-5(9)6(7)8-4/h2-8,15H,9-12H2,1H3;2-3,9H,1H3/t15-;/m0./s1. The van der Waals surface area contributed by atoms with Gasteiger partial charge in [-0.15, -0.1) is 0 Å². The van der Waals surface area contributed by atoms with Crippen molar-refractivity contribution in [3.05, 3.63) is 83.4 Å². The lowest BCUT2D eigenvalue weighted by Crippen LogP contribution is -2.54. The molecule has 4 rings (SSSR count). The summed E-state index contributed by atoms with van der Waals surface area (Å²) in [5, 5.41) is 8.61. The zero-order valence-electron chi connectivity index (χ0n) is 18.4. The highest BCUT2D eigenvalue weighted by Gasteiger charge is 2.34. The van der Waals surface area contributed by atoms with Crippen molar-refractivity contribution in [1.29, 1.82) is 0 Å². The lowest BCUT2D eigenvalue weighted by atomic mass is 10.1. The molecular formula is C24H25F2N3O4. The van der Waals surface area contributed by atoms with E-state index in [1.807, 2.05) is 30.3 Å². The third kappa shape index (κ3) is 6.86. The van der Waals surface area contributed by atoms with E-state index in [1.165, 1.54) is 6.07 Å². The second-order valence-corrected chi connectivity index (χ2v) is 7.49. The van der Waals surface area contributed by atoms with Gasteiger partial charge < -0.3 is 19.5 Å². The van der Waals surface area contributed by atoms with Crippen LogP contribution in [0.5, 0.6) is 11.5 Å². The molecule has 1 fully saturated rings. The minimum atomic E-state index is -0.810. The Kier molecular flexibility index (Phi) is 8.12. The SMILES string of the molecule is Cc1ccc(O)c(F)n1.Cc1ccc(OC[C@@H]2CCN2C(=O)OCc2ccccc2)c(F)n1.